The van der Waals surface area contributed by atoms with Gasteiger partial charge < -0.3 is 14.0 Å². The van der Waals surface area contributed by atoms with Crippen molar-refractivity contribution in [3.05, 3.63) is 119 Å². The maximum absolute atomic E-state index is 11.7. The second-order valence-corrected chi connectivity index (χ2v) is 8.64. The fourth-order valence-corrected chi connectivity index (χ4v) is 4.94. The Morgan fingerprint density at radius 2 is 1.25 bits per heavy atom. The maximum Gasteiger partial charge on any atom is 0.277 e. The smallest absolute Gasteiger partial charge is 0.277 e. The summed E-state index contributed by atoms with van der Waals surface area (Å²) in [6, 6.07) is 34.5. The second kappa shape index (κ2) is 7.71. The van der Waals surface area contributed by atoms with Crippen molar-refractivity contribution in [1.29, 1.82) is 0 Å². The van der Waals surface area contributed by atoms with Crippen LogP contribution in [0.2, 0.25) is 0 Å². The molecule has 1 aliphatic rings. The van der Waals surface area contributed by atoms with Crippen LogP contribution in [0.4, 0.5) is 5.69 Å². The third kappa shape index (κ3) is 3.05. The SMILES string of the molecule is O=[N+]([O-])c1ccccc1-c1ccc2c(c1)c1cc3c(cc1n2-c1ccccc1)Oc1ccccc1O3. The molecule has 0 unspecified atom stereocenters. The van der Waals surface area contributed by atoms with Crippen LogP contribution >= 0.6 is 0 Å². The summed E-state index contributed by atoms with van der Waals surface area (Å²) in [5.74, 6) is 2.60. The zero-order valence-corrected chi connectivity index (χ0v) is 18.9. The van der Waals surface area contributed by atoms with Gasteiger partial charge >= 0.3 is 0 Å². The van der Waals surface area contributed by atoms with Crippen LogP contribution in [0.5, 0.6) is 23.0 Å². The monoisotopic (exact) mass is 470 g/mol. The van der Waals surface area contributed by atoms with Crippen LogP contribution in [-0.4, -0.2) is 9.49 Å². The number of hydrogen-bond acceptors (Lipinski definition) is 4. The van der Waals surface area contributed by atoms with E-state index < -0.39 is 0 Å². The minimum absolute atomic E-state index is 0.0781. The lowest BCUT2D eigenvalue weighted by Gasteiger charge is -2.20. The molecular weight excluding hydrogens is 452 g/mol. The quantitative estimate of drug-likeness (QED) is 0.193. The lowest BCUT2D eigenvalue weighted by molar-refractivity contribution is -0.384. The zero-order valence-electron chi connectivity index (χ0n) is 18.9. The summed E-state index contributed by atoms with van der Waals surface area (Å²) in [6.45, 7) is 0. The van der Waals surface area contributed by atoms with Crippen molar-refractivity contribution in [3.63, 3.8) is 0 Å². The van der Waals surface area contributed by atoms with E-state index in [0.717, 1.165) is 33.1 Å². The van der Waals surface area contributed by atoms with Gasteiger partial charge in [0.25, 0.3) is 5.69 Å². The van der Waals surface area contributed by atoms with Gasteiger partial charge in [0.1, 0.15) is 0 Å². The van der Waals surface area contributed by atoms with Crippen LogP contribution in [0, 0.1) is 10.1 Å². The molecule has 1 aliphatic heterocycles. The third-order valence-electron chi connectivity index (χ3n) is 6.55. The number of aromatic nitrogens is 1. The fraction of sp³-hybridized carbons (Fsp3) is 0. The summed E-state index contributed by atoms with van der Waals surface area (Å²) < 4.78 is 14.6. The van der Waals surface area contributed by atoms with Gasteiger partial charge in [-0.1, -0.05) is 48.5 Å². The van der Waals surface area contributed by atoms with E-state index in [2.05, 4.69) is 16.7 Å². The van der Waals surface area contributed by atoms with Crippen LogP contribution in [0.15, 0.2) is 109 Å². The van der Waals surface area contributed by atoms with Crippen LogP contribution in [0.1, 0.15) is 0 Å². The molecule has 5 aromatic carbocycles. The van der Waals surface area contributed by atoms with Crippen LogP contribution in [0.3, 0.4) is 0 Å². The Morgan fingerprint density at radius 1 is 0.611 bits per heavy atom. The van der Waals surface area contributed by atoms with Crippen molar-refractivity contribution >= 4 is 27.5 Å². The Bertz CT molecular complexity index is 1820. The van der Waals surface area contributed by atoms with E-state index in [4.69, 9.17) is 9.47 Å². The summed E-state index contributed by atoms with van der Waals surface area (Å²) in [5, 5.41) is 13.6. The highest BCUT2D eigenvalue weighted by Crippen LogP contribution is 2.48. The molecule has 2 heterocycles. The number of para-hydroxylation sites is 4. The Hall–Kier alpha value is -5.10. The number of nitro groups is 1. The van der Waals surface area contributed by atoms with Gasteiger partial charge in [-0.3, -0.25) is 10.1 Å². The molecule has 6 aromatic rings. The van der Waals surface area contributed by atoms with E-state index in [-0.39, 0.29) is 10.6 Å². The summed E-state index contributed by atoms with van der Waals surface area (Å²) >= 11 is 0. The molecular formula is C30H18N2O4. The first-order valence-corrected chi connectivity index (χ1v) is 11.5. The van der Waals surface area contributed by atoms with Gasteiger partial charge in [0.15, 0.2) is 23.0 Å². The average molecular weight is 470 g/mol. The van der Waals surface area contributed by atoms with Crippen molar-refractivity contribution in [2.75, 3.05) is 0 Å². The Morgan fingerprint density at radius 3 is 2.00 bits per heavy atom. The van der Waals surface area contributed by atoms with Gasteiger partial charge in [-0.2, -0.15) is 0 Å². The first-order chi connectivity index (χ1) is 17.7. The van der Waals surface area contributed by atoms with E-state index in [1.165, 1.54) is 6.07 Å². The van der Waals surface area contributed by atoms with E-state index in [1.807, 2.05) is 78.9 Å². The van der Waals surface area contributed by atoms with Gasteiger partial charge in [0.2, 0.25) is 0 Å². The molecule has 0 atom stereocenters. The highest BCUT2D eigenvalue weighted by molar-refractivity contribution is 6.11. The Balaban J connectivity index is 1.52. The van der Waals surface area contributed by atoms with Crippen molar-refractivity contribution < 1.29 is 14.4 Å². The average Bonchev–Trinajstić information content (AvgIpc) is 3.23. The number of nitro benzene ring substituents is 1. The molecule has 6 heteroatoms. The molecule has 0 saturated heterocycles. The van der Waals surface area contributed by atoms with Gasteiger partial charge in [0.05, 0.1) is 21.5 Å². The predicted octanol–water partition coefficient (Wildman–Crippen LogP) is 8.26. The largest absolute Gasteiger partial charge is 0.449 e. The topological polar surface area (TPSA) is 66.5 Å². The first kappa shape index (κ1) is 20.3. The molecule has 0 radical (unpaired) electrons. The zero-order chi connectivity index (χ0) is 24.2. The van der Waals surface area contributed by atoms with Crippen molar-refractivity contribution in [2.24, 2.45) is 0 Å². The summed E-state index contributed by atoms with van der Waals surface area (Å²) in [5.41, 5.74) is 4.39. The Kier molecular flexibility index (Phi) is 4.35. The van der Waals surface area contributed by atoms with E-state index in [1.54, 1.807) is 12.1 Å². The van der Waals surface area contributed by atoms with E-state index >= 15 is 0 Å². The highest BCUT2D eigenvalue weighted by Gasteiger charge is 2.23. The lowest BCUT2D eigenvalue weighted by atomic mass is 10.0. The Labute approximate surface area is 205 Å². The number of benzene rings is 5. The highest BCUT2D eigenvalue weighted by atomic mass is 16.6. The minimum atomic E-state index is -0.341. The number of nitrogens with zero attached hydrogens (tertiary/aromatic N) is 2. The maximum atomic E-state index is 11.7. The molecule has 0 amide bonds. The van der Waals surface area contributed by atoms with Crippen molar-refractivity contribution in [1.82, 2.24) is 4.57 Å². The van der Waals surface area contributed by atoms with Gasteiger partial charge in [-0.05, 0) is 54.1 Å². The molecule has 6 nitrogen and oxygen atoms in total. The predicted molar refractivity (Wildman–Crippen MR) is 139 cm³/mol. The minimum Gasteiger partial charge on any atom is -0.449 e. The third-order valence-corrected chi connectivity index (χ3v) is 6.55. The fourth-order valence-electron chi connectivity index (χ4n) is 4.94. The molecule has 0 spiro atoms. The van der Waals surface area contributed by atoms with Crippen LogP contribution in [0.25, 0.3) is 38.6 Å². The molecule has 0 saturated carbocycles. The summed E-state index contributed by atoms with van der Waals surface area (Å²) in [6.07, 6.45) is 0. The molecule has 172 valence electrons. The van der Waals surface area contributed by atoms with Crippen LogP contribution in [-0.2, 0) is 0 Å². The van der Waals surface area contributed by atoms with Crippen molar-refractivity contribution in [2.45, 2.75) is 0 Å². The number of rotatable bonds is 3. The van der Waals surface area contributed by atoms with Crippen LogP contribution < -0.4 is 9.47 Å². The van der Waals surface area contributed by atoms with Gasteiger partial charge in [-0.15, -0.1) is 0 Å². The second-order valence-electron chi connectivity index (χ2n) is 8.64. The normalized spacial score (nSPS) is 12.0. The van der Waals surface area contributed by atoms with E-state index in [0.29, 0.717) is 28.6 Å². The molecule has 0 bridgehead atoms. The molecule has 0 N–H and O–H groups in total. The number of fused-ring (bicyclic) bond motifs is 5. The molecule has 1 aromatic heterocycles. The summed E-state index contributed by atoms with van der Waals surface area (Å²) in [7, 11) is 0. The number of ether oxygens (including phenoxy) is 2. The van der Waals surface area contributed by atoms with Gasteiger partial charge in [-0.25, -0.2) is 0 Å². The van der Waals surface area contributed by atoms with Crippen molar-refractivity contribution in [3.8, 4) is 39.8 Å². The van der Waals surface area contributed by atoms with E-state index in [9.17, 15) is 10.1 Å². The van der Waals surface area contributed by atoms with Gasteiger partial charge in [0, 0.05) is 28.6 Å². The standard InChI is InChI=1S/C30H18N2O4/c33-32(34)25-11-5-4-10-21(25)19-14-15-24-22(16-19)23-17-29-30(36-28-13-7-6-12-27(28)35-29)18-26(23)31(24)20-8-2-1-3-9-20/h1-18H. The lowest BCUT2D eigenvalue weighted by Crippen LogP contribution is -1.99. The molecule has 36 heavy (non-hydrogen) atoms. The molecule has 7 rings (SSSR count). The molecule has 0 aliphatic carbocycles. The number of hydrogen-bond donors (Lipinski definition) is 0. The summed E-state index contributed by atoms with van der Waals surface area (Å²) in [4.78, 5) is 11.4. The first-order valence-electron chi connectivity index (χ1n) is 11.5. The molecule has 0 fully saturated rings.